The van der Waals surface area contributed by atoms with Crippen molar-refractivity contribution in [3.8, 4) is 6.07 Å². The zero-order valence-electron chi connectivity index (χ0n) is 19.1. The number of carbonyl (C=O) groups is 1. The van der Waals surface area contributed by atoms with Gasteiger partial charge in [0.15, 0.2) is 0 Å². The number of carbonyl (C=O) groups excluding carboxylic acids is 1. The molecule has 2 amide bonds. The number of benzene rings is 2. The molecule has 0 fully saturated rings. The number of hydrogen-bond donors (Lipinski definition) is 0. The topological polar surface area (TPSA) is 89.1 Å². The summed E-state index contributed by atoms with van der Waals surface area (Å²) in [4.78, 5) is 18.7. The van der Waals surface area contributed by atoms with Gasteiger partial charge >= 0.3 is 12.2 Å². The molecule has 1 heterocycles. The van der Waals surface area contributed by atoms with Crippen LogP contribution in [0.5, 0.6) is 0 Å². The summed E-state index contributed by atoms with van der Waals surface area (Å²) in [6.07, 6.45) is -4.64. The first-order valence-corrected chi connectivity index (χ1v) is 11.5. The summed E-state index contributed by atoms with van der Waals surface area (Å²) in [5.74, 6) is 0. The first-order chi connectivity index (χ1) is 16.2. The summed E-state index contributed by atoms with van der Waals surface area (Å²) in [5.41, 5.74) is -0.891. The Kier molecular flexibility index (Phi) is 6.66. The van der Waals surface area contributed by atoms with Crippen LogP contribution in [-0.2, 0) is 16.2 Å². The Bertz CT molecular complexity index is 1420. The number of anilines is 1. The molecule has 12 heteroatoms. The van der Waals surface area contributed by atoms with Gasteiger partial charge in [-0.1, -0.05) is 12.1 Å². The first-order valence-electron chi connectivity index (χ1n) is 10.0. The van der Waals surface area contributed by atoms with Crippen LogP contribution in [0.3, 0.4) is 0 Å². The molecule has 0 aliphatic carbocycles. The number of sulfonamides is 1. The van der Waals surface area contributed by atoms with E-state index in [1.807, 2.05) is 6.07 Å². The standard InChI is InChI=1S/C23H20F3N5O3S/c1-14-20(28-2)21(18-10-9-15(13-27)11-19(18)35(33,34)29(3)4)30(5)22(32)31(14)17-8-6-7-16(12-17)23(24,25)26/h6-12,21H,1,3-5H3/t21-/m1/s1. The van der Waals surface area contributed by atoms with E-state index in [1.54, 1.807) is 0 Å². The lowest BCUT2D eigenvalue weighted by Gasteiger charge is -2.40. The van der Waals surface area contributed by atoms with Gasteiger partial charge < -0.3 is 4.90 Å². The van der Waals surface area contributed by atoms with Gasteiger partial charge in [-0.15, -0.1) is 0 Å². The maximum atomic E-state index is 13.4. The zero-order valence-corrected chi connectivity index (χ0v) is 19.9. The molecule has 182 valence electrons. The van der Waals surface area contributed by atoms with Gasteiger partial charge in [0.2, 0.25) is 15.7 Å². The van der Waals surface area contributed by atoms with Crippen molar-refractivity contribution in [3.63, 3.8) is 0 Å². The average Bonchev–Trinajstić information content (AvgIpc) is 2.80. The molecule has 1 aliphatic rings. The van der Waals surface area contributed by atoms with Gasteiger partial charge in [-0.2, -0.15) is 18.4 Å². The van der Waals surface area contributed by atoms with Crippen LogP contribution in [0.15, 0.2) is 58.8 Å². The molecule has 0 aromatic heterocycles. The summed E-state index contributed by atoms with van der Waals surface area (Å²) >= 11 is 0. The van der Waals surface area contributed by atoms with E-state index in [0.29, 0.717) is 0 Å². The first kappa shape index (κ1) is 25.7. The van der Waals surface area contributed by atoms with Crippen molar-refractivity contribution in [1.29, 1.82) is 5.26 Å². The average molecular weight is 504 g/mol. The largest absolute Gasteiger partial charge is 0.416 e. The molecule has 0 saturated carbocycles. The van der Waals surface area contributed by atoms with Crippen LogP contribution in [0.4, 0.5) is 23.7 Å². The number of likely N-dealkylation sites (N-methyl/N-ethyl adjacent to an activating group) is 1. The molecular weight excluding hydrogens is 483 g/mol. The third kappa shape index (κ3) is 4.46. The van der Waals surface area contributed by atoms with E-state index in [0.717, 1.165) is 32.3 Å². The van der Waals surface area contributed by atoms with Crippen LogP contribution in [0, 0.1) is 17.9 Å². The highest BCUT2D eigenvalue weighted by Crippen LogP contribution is 2.42. The normalized spacial score (nSPS) is 17.0. The molecule has 2 aromatic rings. The van der Waals surface area contributed by atoms with Crippen LogP contribution < -0.4 is 4.90 Å². The molecule has 2 aromatic carbocycles. The molecule has 0 bridgehead atoms. The number of nitriles is 1. The van der Waals surface area contributed by atoms with E-state index in [9.17, 15) is 31.6 Å². The smallest absolute Gasteiger partial charge is 0.325 e. The van der Waals surface area contributed by atoms with Crippen molar-refractivity contribution < 1.29 is 26.4 Å². The number of halogens is 3. The van der Waals surface area contributed by atoms with Crippen LogP contribution in [-0.4, -0.2) is 44.8 Å². The Balaban J connectivity index is 2.28. The molecule has 0 unspecified atom stereocenters. The fraction of sp³-hybridized carbons (Fsp3) is 0.261. The van der Waals surface area contributed by atoms with E-state index < -0.39 is 33.8 Å². The molecule has 0 spiro atoms. The van der Waals surface area contributed by atoms with Crippen molar-refractivity contribution in [2.45, 2.75) is 24.0 Å². The van der Waals surface area contributed by atoms with Crippen molar-refractivity contribution >= 4 is 21.7 Å². The second-order valence-electron chi connectivity index (χ2n) is 7.91. The van der Waals surface area contributed by atoms with Crippen molar-refractivity contribution in [3.05, 3.63) is 82.0 Å². The molecule has 1 atom stereocenters. The van der Waals surface area contributed by atoms with Crippen molar-refractivity contribution in [2.24, 2.45) is 0 Å². The maximum absolute atomic E-state index is 13.4. The summed E-state index contributed by atoms with van der Waals surface area (Å²) in [6.45, 7) is 9.17. The Morgan fingerprint density at radius 2 is 1.83 bits per heavy atom. The molecule has 3 rings (SSSR count). The predicted octanol–water partition coefficient (Wildman–Crippen LogP) is 4.59. The van der Waals surface area contributed by atoms with Gasteiger partial charge in [0.1, 0.15) is 0 Å². The highest BCUT2D eigenvalue weighted by Gasteiger charge is 2.41. The number of hydrogen-bond acceptors (Lipinski definition) is 4. The minimum absolute atomic E-state index is 0.0515. The second kappa shape index (κ2) is 9.06. The van der Waals surface area contributed by atoms with E-state index in [2.05, 4.69) is 4.85 Å². The molecule has 8 nitrogen and oxygen atoms in total. The minimum Gasteiger partial charge on any atom is -0.325 e. The minimum atomic E-state index is -4.64. The maximum Gasteiger partial charge on any atom is 0.416 e. The monoisotopic (exact) mass is 503 g/mol. The summed E-state index contributed by atoms with van der Waals surface area (Å²) in [6, 6.07) is 8.02. The number of rotatable bonds is 4. The van der Waals surface area contributed by atoms with Crippen LogP contribution in [0.2, 0.25) is 0 Å². The predicted molar refractivity (Wildman–Crippen MR) is 121 cm³/mol. The van der Waals surface area contributed by atoms with Gasteiger partial charge in [0.05, 0.1) is 34.7 Å². The van der Waals surface area contributed by atoms with Crippen LogP contribution in [0.25, 0.3) is 4.85 Å². The Morgan fingerprint density at radius 1 is 1.17 bits per heavy atom. The zero-order chi connectivity index (χ0) is 26.3. The lowest BCUT2D eigenvalue weighted by Crippen LogP contribution is -2.47. The summed E-state index contributed by atoms with van der Waals surface area (Å²) < 4.78 is 66.8. The number of allylic oxidation sites excluding steroid dienone is 1. The third-order valence-electron chi connectivity index (χ3n) is 5.59. The summed E-state index contributed by atoms with van der Waals surface area (Å²) in [5, 5.41) is 9.27. The highest BCUT2D eigenvalue weighted by molar-refractivity contribution is 7.89. The Hall–Kier alpha value is -3.87. The second-order valence-corrected chi connectivity index (χ2v) is 10.0. The lowest BCUT2D eigenvalue weighted by molar-refractivity contribution is -0.137. The Labute approximate surface area is 201 Å². The fourth-order valence-corrected chi connectivity index (χ4v) is 4.93. The van der Waals surface area contributed by atoms with Crippen molar-refractivity contribution in [2.75, 3.05) is 26.0 Å². The van der Waals surface area contributed by atoms with Gasteiger partial charge in [-0.25, -0.2) is 22.4 Å². The number of alkyl halides is 3. The highest BCUT2D eigenvalue weighted by atomic mass is 32.2. The molecule has 1 aliphatic heterocycles. The summed E-state index contributed by atoms with van der Waals surface area (Å²) in [7, 11) is -0.147. The molecule has 0 saturated heterocycles. The van der Waals surface area contributed by atoms with Crippen LogP contribution in [0.1, 0.15) is 29.7 Å². The molecule has 0 radical (unpaired) electrons. The number of nitrogens with zero attached hydrogens (tertiary/aromatic N) is 5. The van der Waals surface area contributed by atoms with E-state index >= 15 is 0 Å². The van der Waals surface area contributed by atoms with E-state index in [4.69, 9.17) is 6.57 Å². The van der Waals surface area contributed by atoms with Gasteiger partial charge in [-0.3, -0.25) is 4.90 Å². The fourth-order valence-electron chi connectivity index (χ4n) is 3.78. The Morgan fingerprint density at radius 3 is 2.37 bits per heavy atom. The SMILES string of the molecule is [C-]#[N+]C1=C(C)N(c2cccc(C(F)(F)F)c2)C(=O)N(C)[C@@H]1c1ccc(C#N)cc1S(=O)(=O)N(C)C. The van der Waals surface area contributed by atoms with Gasteiger partial charge in [-0.05, 0) is 42.8 Å². The number of amides is 2. The third-order valence-corrected chi connectivity index (χ3v) is 7.46. The molecular formula is C23H20F3N5O3S. The van der Waals surface area contributed by atoms with E-state index in [1.165, 1.54) is 52.3 Å². The lowest BCUT2D eigenvalue weighted by atomic mass is 9.97. The molecule has 0 N–H and O–H groups in total. The molecule has 35 heavy (non-hydrogen) atoms. The van der Waals surface area contributed by atoms with E-state index in [-0.39, 0.29) is 33.1 Å². The van der Waals surface area contributed by atoms with Crippen molar-refractivity contribution in [1.82, 2.24) is 9.21 Å². The number of urea groups is 1. The quantitative estimate of drug-likeness (QED) is 0.571. The van der Waals surface area contributed by atoms with Gasteiger partial charge in [0, 0.05) is 32.5 Å². The van der Waals surface area contributed by atoms with Crippen LogP contribution >= 0.6 is 0 Å². The van der Waals surface area contributed by atoms with Gasteiger partial charge in [0.25, 0.3) is 0 Å².